The molecule has 0 spiro atoms. The van der Waals surface area contributed by atoms with Crippen LogP contribution in [0, 0.1) is 0 Å². The summed E-state index contributed by atoms with van der Waals surface area (Å²) in [5.41, 5.74) is 2.55. The first-order valence-electron chi connectivity index (χ1n) is 4.46. The first kappa shape index (κ1) is 10.9. The highest BCUT2D eigenvalue weighted by molar-refractivity contribution is 7.88. The monoisotopic (exact) mass is 207 g/mol. The Hall–Kier alpha value is -0.170. The predicted octanol–water partition coefficient (Wildman–Crippen LogP) is -0.736. The molecule has 1 rings (SSSR count). The quantitative estimate of drug-likeness (QED) is 0.470. The lowest BCUT2D eigenvalue weighted by Crippen LogP contribution is -2.37. The fourth-order valence-electron chi connectivity index (χ4n) is 1.78. The van der Waals surface area contributed by atoms with Crippen LogP contribution in [0.1, 0.15) is 19.3 Å². The van der Waals surface area contributed by atoms with Crippen LogP contribution in [0.3, 0.4) is 0 Å². The minimum Gasteiger partial charge on any atom is -0.271 e. The summed E-state index contributed by atoms with van der Waals surface area (Å²) in [5.74, 6) is 5.14. The molecule has 1 fully saturated rings. The molecule has 3 N–H and O–H groups in total. The van der Waals surface area contributed by atoms with Crippen molar-refractivity contribution in [1.82, 2.24) is 9.73 Å². The zero-order chi connectivity index (χ0) is 9.90. The molecule has 1 heterocycles. The van der Waals surface area contributed by atoms with Crippen molar-refractivity contribution in [3.05, 3.63) is 0 Å². The molecule has 13 heavy (non-hydrogen) atoms. The molecule has 1 aliphatic heterocycles. The van der Waals surface area contributed by atoms with Crippen LogP contribution in [0.4, 0.5) is 0 Å². The summed E-state index contributed by atoms with van der Waals surface area (Å²) in [5, 5.41) is 0. The number of sulfonamides is 1. The van der Waals surface area contributed by atoms with Crippen molar-refractivity contribution >= 4 is 10.0 Å². The lowest BCUT2D eigenvalue weighted by molar-refractivity contribution is 0.368. The average Bonchev–Trinajstić information content (AvgIpc) is 2.47. The van der Waals surface area contributed by atoms with Gasteiger partial charge in [-0.3, -0.25) is 11.3 Å². The number of hydrazine groups is 1. The molecule has 0 bridgehead atoms. The minimum absolute atomic E-state index is 0.144. The van der Waals surface area contributed by atoms with Gasteiger partial charge in [0.15, 0.2) is 0 Å². The average molecular weight is 207 g/mol. The third-order valence-corrected chi connectivity index (χ3v) is 3.70. The van der Waals surface area contributed by atoms with Crippen LogP contribution >= 0.6 is 0 Å². The molecule has 0 aromatic heterocycles. The molecule has 0 aliphatic carbocycles. The van der Waals surface area contributed by atoms with Crippen LogP contribution in [0.2, 0.25) is 0 Å². The Balaban J connectivity index is 2.54. The summed E-state index contributed by atoms with van der Waals surface area (Å²) in [6.45, 7) is 1.32. The van der Waals surface area contributed by atoms with Crippen LogP contribution in [-0.2, 0) is 10.0 Å². The summed E-state index contributed by atoms with van der Waals surface area (Å²) < 4.78 is 24.1. The first-order valence-corrected chi connectivity index (χ1v) is 6.31. The van der Waals surface area contributed by atoms with E-state index in [1.807, 2.05) is 0 Å². The first-order chi connectivity index (χ1) is 6.05. The molecule has 5 nitrogen and oxygen atoms in total. The number of nitrogens with one attached hydrogen (secondary N) is 1. The van der Waals surface area contributed by atoms with Gasteiger partial charge in [-0.25, -0.2) is 8.42 Å². The van der Waals surface area contributed by atoms with E-state index in [-0.39, 0.29) is 6.04 Å². The lowest BCUT2D eigenvalue weighted by Gasteiger charge is -2.21. The highest BCUT2D eigenvalue weighted by Gasteiger charge is 2.30. The number of nitrogens with two attached hydrogens (primary N) is 1. The second kappa shape index (κ2) is 4.36. The van der Waals surface area contributed by atoms with E-state index >= 15 is 0 Å². The summed E-state index contributed by atoms with van der Waals surface area (Å²) in [4.78, 5) is 0. The Morgan fingerprint density at radius 2 is 2.31 bits per heavy atom. The number of nitrogens with zero attached hydrogens (tertiary/aromatic N) is 1. The third kappa shape index (κ3) is 2.91. The molecule has 0 amide bonds. The number of rotatable bonds is 4. The van der Waals surface area contributed by atoms with Crippen molar-refractivity contribution in [1.29, 1.82) is 0 Å². The second-order valence-electron chi connectivity index (χ2n) is 3.41. The van der Waals surface area contributed by atoms with Crippen molar-refractivity contribution < 1.29 is 8.42 Å². The van der Waals surface area contributed by atoms with Crippen LogP contribution in [0.15, 0.2) is 0 Å². The molecule has 0 saturated carbocycles. The van der Waals surface area contributed by atoms with Gasteiger partial charge in [-0.05, 0) is 19.3 Å². The summed E-state index contributed by atoms with van der Waals surface area (Å²) in [6.07, 6.45) is 3.97. The van der Waals surface area contributed by atoms with E-state index in [9.17, 15) is 8.42 Å². The van der Waals surface area contributed by atoms with Crippen molar-refractivity contribution in [3.8, 4) is 0 Å². The summed E-state index contributed by atoms with van der Waals surface area (Å²) in [6, 6.07) is 0.144. The maximum Gasteiger partial charge on any atom is 0.211 e. The van der Waals surface area contributed by atoms with Crippen molar-refractivity contribution in [3.63, 3.8) is 0 Å². The molecule has 0 aromatic carbocycles. The molecule has 0 radical (unpaired) electrons. The largest absolute Gasteiger partial charge is 0.271 e. The van der Waals surface area contributed by atoms with Gasteiger partial charge >= 0.3 is 0 Å². The molecule has 6 heteroatoms. The predicted molar refractivity (Wildman–Crippen MR) is 51.4 cm³/mol. The lowest BCUT2D eigenvalue weighted by atomic mass is 10.2. The van der Waals surface area contributed by atoms with Crippen molar-refractivity contribution in [2.75, 3.05) is 19.3 Å². The molecular formula is C7H17N3O2S. The normalized spacial score (nSPS) is 25.2. The summed E-state index contributed by atoms with van der Waals surface area (Å²) in [7, 11) is -3.02. The highest BCUT2D eigenvalue weighted by atomic mass is 32.2. The van der Waals surface area contributed by atoms with Gasteiger partial charge in [-0.2, -0.15) is 4.31 Å². The highest BCUT2D eigenvalue weighted by Crippen LogP contribution is 2.22. The Bertz CT molecular complexity index is 252. The van der Waals surface area contributed by atoms with Gasteiger partial charge in [0.25, 0.3) is 0 Å². The molecule has 78 valence electrons. The zero-order valence-corrected chi connectivity index (χ0v) is 8.68. The van der Waals surface area contributed by atoms with Crippen molar-refractivity contribution in [2.24, 2.45) is 5.84 Å². The molecule has 1 aliphatic rings. The van der Waals surface area contributed by atoms with Crippen LogP contribution < -0.4 is 11.3 Å². The topological polar surface area (TPSA) is 75.4 Å². The number of hydrogen-bond acceptors (Lipinski definition) is 4. The minimum atomic E-state index is -3.02. The Morgan fingerprint density at radius 3 is 2.85 bits per heavy atom. The van der Waals surface area contributed by atoms with Crippen LogP contribution in [-0.4, -0.2) is 38.1 Å². The Kier molecular flexibility index (Phi) is 3.66. The van der Waals surface area contributed by atoms with E-state index in [2.05, 4.69) is 5.43 Å². The van der Waals surface area contributed by atoms with Gasteiger partial charge in [0.2, 0.25) is 10.0 Å². The van der Waals surface area contributed by atoms with Crippen LogP contribution in [0.5, 0.6) is 0 Å². The summed E-state index contributed by atoms with van der Waals surface area (Å²) >= 11 is 0. The van der Waals surface area contributed by atoms with E-state index in [1.54, 1.807) is 4.31 Å². The molecule has 1 saturated heterocycles. The van der Waals surface area contributed by atoms with E-state index in [4.69, 9.17) is 5.84 Å². The molecular weight excluding hydrogens is 190 g/mol. The number of hydrogen-bond donors (Lipinski definition) is 2. The third-order valence-electron chi connectivity index (χ3n) is 2.37. The molecule has 1 unspecified atom stereocenters. The zero-order valence-electron chi connectivity index (χ0n) is 7.86. The van der Waals surface area contributed by atoms with E-state index < -0.39 is 10.0 Å². The van der Waals surface area contributed by atoms with Gasteiger partial charge in [0.1, 0.15) is 0 Å². The van der Waals surface area contributed by atoms with E-state index in [0.717, 1.165) is 19.3 Å². The van der Waals surface area contributed by atoms with Crippen molar-refractivity contribution in [2.45, 2.75) is 25.3 Å². The van der Waals surface area contributed by atoms with Gasteiger partial charge in [0, 0.05) is 19.1 Å². The standard InChI is InChI=1S/C7H17N3O2S/c1-13(11,12)10-6-2-3-7(10)4-5-9-8/h7,9H,2-6,8H2,1H3. The maximum absolute atomic E-state index is 11.3. The van der Waals surface area contributed by atoms with Gasteiger partial charge in [-0.15, -0.1) is 0 Å². The second-order valence-corrected chi connectivity index (χ2v) is 5.35. The Labute approximate surface area is 79.3 Å². The van der Waals surface area contributed by atoms with E-state index in [0.29, 0.717) is 13.1 Å². The van der Waals surface area contributed by atoms with Gasteiger partial charge in [0.05, 0.1) is 6.26 Å². The van der Waals surface area contributed by atoms with E-state index in [1.165, 1.54) is 6.26 Å². The fraction of sp³-hybridized carbons (Fsp3) is 1.00. The van der Waals surface area contributed by atoms with Gasteiger partial charge in [-0.1, -0.05) is 0 Å². The molecule has 0 aromatic rings. The fourth-order valence-corrected chi connectivity index (χ4v) is 3.00. The molecule has 1 atom stereocenters. The smallest absolute Gasteiger partial charge is 0.211 e. The SMILES string of the molecule is CS(=O)(=O)N1CCCC1CCNN. The van der Waals surface area contributed by atoms with Gasteiger partial charge < -0.3 is 0 Å². The Morgan fingerprint density at radius 1 is 1.62 bits per heavy atom. The maximum atomic E-state index is 11.3. The van der Waals surface area contributed by atoms with Crippen LogP contribution in [0.25, 0.3) is 0 Å².